The molecular formula is C15H15BrClN3O3S. The van der Waals surface area contributed by atoms with E-state index in [9.17, 15) is 4.79 Å². The first-order chi connectivity index (χ1) is 11.5. The third-order valence-corrected chi connectivity index (χ3v) is 4.94. The van der Waals surface area contributed by atoms with Crippen molar-refractivity contribution in [2.24, 2.45) is 5.10 Å². The highest BCUT2D eigenvalue weighted by molar-refractivity contribution is 9.10. The second kappa shape index (κ2) is 9.00. The smallest absolute Gasteiger partial charge is 0.311 e. The van der Waals surface area contributed by atoms with Gasteiger partial charge in [-0.1, -0.05) is 11.6 Å². The Morgan fingerprint density at radius 2 is 2.33 bits per heavy atom. The molecule has 0 aliphatic heterocycles. The maximum atomic E-state index is 11.4. The fourth-order valence-corrected chi connectivity index (χ4v) is 3.01. The van der Waals surface area contributed by atoms with Gasteiger partial charge in [0.2, 0.25) is 5.13 Å². The minimum Gasteiger partial charge on any atom is -0.496 e. The van der Waals surface area contributed by atoms with Crippen LogP contribution in [-0.4, -0.2) is 30.9 Å². The highest BCUT2D eigenvalue weighted by Crippen LogP contribution is 2.31. The molecule has 1 aromatic heterocycles. The number of nitrogens with zero attached hydrogens (tertiary/aromatic N) is 2. The van der Waals surface area contributed by atoms with Gasteiger partial charge in [0.25, 0.3) is 0 Å². The van der Waals surface area contributed by atoms with Crippen molar-refractivity contribution in [1.29, 1.82) is 0 Å². The topological polar surface area (TPSA) is 72.8 Å². The SMILES string of the molecule is CCOC(=O)Cc1csc(NN=Cc2c(OC)ccc(Br)c2Cl)n1. The number of ether oxygens (including phenoxy) is 2. The fraction of sp³-hybridized carbons (Fsp3) is 0.267. The van der Waals surface area contributed by atoms with Crippen molar-refractivity contribution in [1.82, 2.24) is 4.98 Å². The number of rotatable bonds is 7. The van der Waals surface area contributed by atoms with E-state index < -0.39 is 0 Å². The first-order valence-corrected chi connectivity index (χ1v) is 9.01. The minimum atomic E-state index is -0.302. The number of esters is 1. The Kier molecular flexibility index (Phi) is 7.01. The second-order valence-corrected chi connectivity index (χ2v) is 6.56. The lowest BCUT2D eigenvalue weighted by Crippen LogP contribution is -2.07. The first kappa shape index (κ1) is 18.7. The summed E-state index contributed by atoms with van der Waals surface area (Å²) in [5.41, 5.74) is 4.09. The van der Waals surface area contributed by atoms with Crippen molar-refractivity contribution in [2.75, 3.05) is 19.1 Å². The van der Waals surface area contributed by atoms with Crippen LogP contribution in [0.15, 0.2) is 27.1 Å². The number of hydrogen-bond acceptors (Lipinski definition) is 7. The summed E-state index contributed by atoms with van der Waals surface area (Å²) in [5.74, 6) is 0.305. The van der Waals surface area contributed by atoms with Crippen LogP contribution in [0.25, 0.3) is 0 Å². The first-order valence-electron chi connectivity index (χ1n) is 6.96. The highest BCUT2D eigenvalue weighted by atomic mass is 79.9. The van der Waals surface area contributed by atoms with E-state index in [0.717, 1.165) is 4.47 Å². The zero-order chi connectivity index (χ0) is 17.5. The van der Waals surface area contributed by atoms with Crippen LogP contribution in [0.5, 0.6) is 5.75 Å². The van der Waals surface area contributed by atoms with E-state index in [-0.39, 0.29) is 12.4 Å². The summed E-state index contributed by atoms with van der Waals surface area (Å²) in [6.07, 6.45) is 1.69. The Balaban J connectivity index is 2.04. The van der Waals surface area contributed by atoms with Crippen LogP contribution in [0.3, 0.4) is 0 Å². The van der Waals surface area contributed by atoms with Gasteiger partial charge in [-0.15, -0.1) is 11.3 Å². The molecule has 9 heteroatoms. The summed E-state index contributed by atoms with van der Waals surface area (Å²) in [5, 5.41) is 6.97. The lowest BCUT2D eigenvalue weighted by molar-refractivity contribution is -0.142. The third kappa shape index (κ3) is 4.93. The molecule has 6 nitrogen and oxygen atoms in total. The van der Waals surface area contributed by atoms with Gasteiger partial charge in [-0.25, -0.2) is 4.98 Å². The Bertz CT molecular complexity index is 752. The number of methoxy groups -OCH3 is 1. The summed E-state index contributed by atoms with van der Waals surface area (Å²) in [4.78, 5) is 15.7. The van der Waals surface area contributed by atoms with Crippen molar-refractivity contribution in [3.8, 4) is 5.75 Å². The monoisotopic (exact) mass is 431 g/mol. The largest absolute Gasteiger partial charge is 0.496 e. The predicted molar refractivity (Wildman–Crippen MR) is 99.4 cm³/mol. The Morgan fingerprint density at radius 3 is 3.04 bits per heavy atom. The van der Waals surface area contributed by atoms with E-state index in [1.165, 1.54) is 11.3 Å². The Morgan fingerprint density at radius 1 is 1.54 bits per heavy atom. The van der Waals surface area contributed by atoms with E-state index in [1.807, 2.05) is 0 Å². The van der Waals surface area contributed by atoms with E-state index in [1.54, 1.807) is 37.8 Å². The molecule has 128 valence electrons. The number of carbonyl (C=O) groups excluding carboxylic acids is 1. The van der Waals surface area contributed by atoms with Crippen LogP contribution in [0, 0.1) is 0 Å². The lowest BCUT2D eigenvalue weighted by Gasteiger charge is -2.07. The number of aromatic nitrogens is 1. The molecular weight excluding hydrogens is 418 g/mol. The minimum absolute atomic E-state index is 0.140. The van der Waals surface area contributed by atoms with Crippen molar-refractivity contribution in [3.63, 3.8) is 0 Å². The van der Waals surface area contributed by atoms with E-state index in [2.05, 4.69) is 31.4 Å². The molecule has 2 rings (SSSR count). The molecule has 0 fully saturated rings. The maximum Gasteiger partial charge on any atom is 0.311 e. The zero-order valence-corrected chi connectivity index (χ0v) is 16.2. The molecule has 0 aliphatic carbocycles. The molecule has 0 atom stereocenters. The number of halogens is 2. The zero-order valence-electron chi connectivity index (χ0n) is 13.0. The number of anilines is 1. The van der Waals surface area contributed by atoms with Crippen LogP contribution < -0.4 is 10.2 Å². The van der Waals surface area contributed by atoms with Crippen LogP contribution in [0.4, 0.5) is 5.13 Å². The summed E-state index contributed by atoms with van der Waals surface area (Å²) in [6.45, 7) is 2.12. The van der Waals surface area contributed by atoms with Gasteiger partial charge in [-0.05, 0) is 35.0 Å². The number of thiazole rings is 1. The molecule has 24 heavy (non-hydrogen) atoms. The number of carbonyl (C=O) groups is 1. The van der Waals surface area contributed by atoms with Gasteiger partial charge >= 0.3 is 5.97 Å². The van der Waals surface area contributed by atoms with Crippen LogP contribution in [0.2, 0.25) is 5.02 Å². The summed E-state index contributed by atoms with van der Waals surface area (Å²) >= 11 is 10.9. The average molecular weight is 433 g/mol. The van der Waals surface area contributed by atoms with Gasteiger partial charge in [0, 0.05) is 9.85 Å². The van der Waals surface area contributed by atoms with Crippen molar-refractivity contribution < 1.29 is 14.3 Å². The van der Waals surface area contributed by atoms with E-state index in [0.29, 0.717) is 33.8 Å². The molecule has 0 saturated carbocycles. The molecule has 1 heterocycles. The normalized spacial score (nSPS) is 10.8. The van der Waals surface area contributed by atoms with Crippen molar-refractivity contribution >= 4 is 56.2 Å². The standard InChI is InChI=1S/C15H15BrClN3O3S/c1-3-23-13(21)6-9-8-24-15(19-9)20-18-7-10-12(22-2)5-4-11(16)14(10)17/h4-5,7-8H,3,6H2,1-2H3,(H,19,20). The Hall–Kier alpha value is -1.64. The van der Waals surface area contributed by atoms with Crippen LogP contribution >= 0.6 is 38.9 Å². The van der Waals surface area contributed by atoms with Crippen molar-refractivity contribution in [3.05, 3.63) is 38.3 Å². The Labute approximate surface area is 157 Å². The number of hydrogen-bond donors (Lipinski definition) is 1. The van der Waals surface area contributed by atoms with Gasteiger partial charge in [0.15, 0.2) is 0 Å². The molecule has 0 aliphatic rings. The molecule has 0 bridgehead atoms. The predicted octanol–water partition coefficient (Wildman–Crippen LogP) is 4.12. The van der Waals surface area contributed by atoms with Crippen LogP contribution in [0.1, 0.15) is 18.2 Å². The molecule has 1 aromatic carbocycles. The van der Waals surface area contributed by atoms with E-state index >= 15 is 0 Å². The number of hydrazone groups is 1. The molecule has 0 radical (unpaired) electrons. The average Bonchev–Trinajstić information content (AvgIpc) is 2.99. The van der Waals surface area contributed by atoms with Gasteiger partial charge in [0.1, 0.15) is 5.75 Å². The molecule has 0 saturated heterocycles. The quantitative estimate of drug-likeness (QED) is 0.405. The molecule has 2 aromatic rings. The molecule has 1 N–H and O–H groups in total. The van der Waals surface area contributed by atoms with Gasteiger partial charge in [0.05, 0.1) is 42.6 Å². The van der Waals surface area contributed by atoms with E-state index in [4.69, 9.17) is 21.1 Å². The van der Waals surface area contributed by atoms with Gasteiger partial charge < -0.3 is 9.47 Å². The van der Waals surface area contributed by atoms with Gasteiger partial charge in [-0.2, -0.15) is 5.10 Å². The maximum absolute atomic E-state index is 11.4. The highest BCUT2D eigenvalue weighted by Gasteiger charge is 2.10. The number of nitrogens with one attached hydrogen (secondary N) is 1. The summed E-state index contributed by atoms with van der Waals surface area (Å²) < 4.78 is 10.9. The summed E-state index contributed by atoms with van der Waals surface area (Å²) in [7, 11) is 1.56. The molecule has 0 unspecified atom stereocenters. The fourth-order valence-electron chi connectivity index (χ4n) is 1.80. The number of benzene rings is 1. The van der Waals surface area contributed by atoms with Crippen molar-refractivity contribution in [2.45, 2.75) is 13.3 Å². The van der Waals surface area contributed by atoms with Crippen LogP contribution in [-0.2, 0) is 16.0 Å². The third-order valence-electron chi connectivity index (χ3n) is 2.85. The lowest BCUT2D eigenvalue weighted by atomic mass is 10.2. The molecule has 0 amide bonds. The molecule has 0 spiro atoms. The summed E-state index contributed by atoms with van der Waals surface area (Å²) in [6, 6.07) is 3.59. The van der Waals surface area contributed by atoms with Gasteiger partial charge in [-0.3, -0.25) is 10.2 Å². The second-order valence-electron chi connectivity index (χ2n) is 4.47.